The zero-order valence-electron chi connectivity index (χ0n) is 9.71. The lowest BCUT2D eigenvalue weighted by Gasteiger charge is -2.14. The number of nitrogens with zero attached hydrogens (tertiary/aromatic N) is 2. The van der Waals surface area contributed by atoms with Gasteiger partial charge in [0.05, 0.1) is 6.10 Å². The molecule has 0 aliphatic carbocycles. The average Bonchev–Trinajstić information content (AvgIpc) is 2.67. The minimum Gasteiger partial charge on any atom is -0.408 e. The molecule has 2 heterocycles. The van der Waals surface area contributed by atoms with Gasteiger partial charge in [0.25, 0.3) is 0 Å². The van der Waals surface area contributed by atoms with Crippen molar-refractivity contribution in [3.63, 3.8) is 0 Å². The monoisotopic (exact) mass is 305 g/mol. The molecule has 0 saturated carbocycles. The SMILES string of the molecule is Nc1ccn([C@H]2C[C@H](O)[C@@H](CO[P+](=O)[S-])O2)c(=O)n1. The Kier molecular flexibility index (Phi) is 4.54. The third kappa shape index (κ3) is 3.52. The number of nitrogen functional groups attached to an aromatic ring is 1. The van der Waals surface area contributed by atoms with Crippen LogP contribution >= 0.6 is 7.23 Å². The lowest BCUT2D eigenvalue weighted by Crippen LogP contribution is -2.28. The van der Waals surface area contributed by atoms with Crippen molar-refractivity contribution in [2.24, 2.45) is 0 Å². The summed E-state index contributed by atoms with van der Waals surface area (Å²) in [6.45, 7) is -0.0898. The van der Waals surface area contributed by atoms with Gasteiger partial charge in [-0.1, -0.05) is 4.57 Å². The summed E-state index contributed by atoms with van der Waals surface area (Å²) in [6.07, 6.45) is -0.532. The van der Waals surface area contributed by atoms with Crippen LogP contribution in [-0.4, -0.2) is 33.5 Å². The highest BCUT2D eigenvalue weighted by Gasteiger charge is 2.36. The molecule has 1 aromatic heterocycles. The van der Waals surface area contributed by atoms with Crippen LogP contribution in [0.5, 0.6) is 0 Å². The minimum atomic E-state index is -2.17. The first-order valence-corrected chi connectivity index (χ1v) is 7.62. The molecule has 4 atom stereocenters. The Morgan fingerprint density at radius 1 is 1.74 bits per heavy atom. The van der Waals surface area contributed by atoms with E-state index in [1.54, 1.807) is 0 Å². The molecule has 1 saturated heterocycles. The Bertz CT molecular complexity index is 539. The van der Waals surface area contributed by atoms with Crippen LogP contribution in [-0.2, 0) is 26.1 Å². The third-order valence-electron chi connectivity index (χ3n) is 2.71. The topological polar surface area (TPSA) is 117 Å². The first kappa shape index (κ1) is 14.4. The van der Waals surface area contributed by atoms with Crippen LogP contribution in [0.4, 0.5) is 5.82 Å². The fourth-order valence-corrected chi connectivity index (χ4v) is 2.27. The molecular weight excluding hydrogens is 293 g/mol. The van der Waals surface area contributed by atoms with Crippen LogP contribution in [0.15, 0.2) is 17.1 Å². The molecule has 19 heavy (non-hydrogen) atoms. The molecule has 10 heteroatoms. The van der Waals surface area contributed by atoms with Crippen LogP contribution in [0.1, 0.15) is 12.6 Å². The number of aliphatic hydroxyl groups excluding tert-OH is 1. The number of anilines is 1. The Morgan fingerprint density at radius 3 is 3.11 bits per heavy atom. The molecule has 0 aromatic carbocycles. The molecule has 1 unspecified atom stereocenters. The quantitative estimate of drug-likeness (QED) is 0.575. The number of aliphatic hydroxyl groups is 1. The van der Waals surface area contributed by atoms with Crippen LogP contribution in [0.3, 0.4) is 0 Å². The molecule has 1 fully saturated rings. The van der Waals surface area contributed by atoms with E-state index in [2.05, 4.69) is 17.2 Å². The van der Waals surface area contributed by atoms with Crippen molar-refractivity contribution in [3.8, 4) is 0 Å². The lowest BCUT2D eigenvalue weighted by molar-refractivity contribution is -0.0392. The second kappa shape index (κ2) is 5.98. The molecule has 3 N–H and O–H groups in total. The molecule has 8 nitrogen and oxygen atoms in total. The maximum Gasteiger partial charge on any atom is 0.372 e. The van der Waals surface area contributed by atoms with Gasteiger partial charge in [-0.2, -0.15) is 9.51 Å². The maximum atomic E-state index is 11.6. The first-order valence-electron chi connectivity index (χ1n) is 5.43. The standard InChI is InChI=1S/C9H12N3O5PS/c10-7-1-2-12(9(14)11-7)8-3-5(13)6(17-8)4-16-18(15)19/h1-2,5-6,8,13H,3-4H2,(H2,10,11,14)/t5-,6+,8+/m0/s1. The van der Waals surface area contributed by atoms with Gasteiger partial charge in [-0.15, -0.1) is 0 Å². The molecule has 0 radical (unpaired) electrons. The number of nitrogens with two attached hydrogens (primary N) is 1. The summed E-state index contributed by atoms with van der Waals surface area (Å²) < 4.78 is 22.1. The predicted octanol–water partition coefficient (Wildman–Crippen LogP) is -0.305. The smallest absolute Gasteiger partial charge is 0.372 e. The molecule has 2 rings (SSSR count). The van der Waals surface area contributed by atoms with Crippen molar-refractivity contribution in [3.05, 3.63) is 22.7 Å². The van der Waals surface area contributed by atoms with Crippen LogP contribution in [0.25, 0.3) is 0 Å². The lowest BCUT2D eigenvalue weighted by atomic mass is 10.2. The zero-order chi connectivity index (χ0) is 14.0. The zero-order valence-corrected chi connectivity index (χ0v) is 11.4. The molecule has 1 aromatic rings. The molecule has 1 aliphatic heterocycles. The summed E-state index contributed by atoms with van der Waals surface area (Å²) in [7, 11) is -2.17. The van der Waals surface area contributed by atoms with Crippen LogP contribution < -0.4 is 11.4 Å². The van der Waals surface area contributed by atoms with Crippen molar-refractivity contribution >= 4 is 25.3 Å². The Morgan fingerprint density at radius 2 is 2.47 bits per heavy atom. The van der Waals surface area contributed by atoms with Gasteiger partial charge < -0.3 is 27.8 Å². The third-order valence-corrected chi connectivity index (χ3v) is 3.39. The van der Waals surface area contributed by atoms with Crippen molar-refractivity contribution in [2.75, 3.05) is 12.3 Å². The number of aromatic nitrogens is 2. The summed E-state index contributed by atoms with van der Waals surface area (Å²) in [5, 5.41) is 9.78. The summed E-state index contributed by atoms with van der Waals surface area (Å²) in [4.78, 5) is 15.2. The minimum absolute atomic E-state index is 0.0898. The molecule has 0 bridgehead atoms. The Labute approximate surface area is 114 Å². The molecule has 104 valence electrons. The van der Waals surface area contributed by atoms with E-state index in [1.807, 2.05) is 0 Å². The van der Waals surface area contributed by atoms with Gasteiger partial charge >= 0.3 is 12.9 Å². The Hall–Kier alpha value is -0.990. The fraction of sp³-hybridized carbons (Fsp3) is 0.556. The average molecular weight is 305 g/mol. The summed E-state index contributed by atoms with van der Waals surface area (Å²) in [5.74, 6) is 0.114. The van der Waals surface area contributed by atoms with Gasteiger partial charge in [-0.25, -0.2) is 4.79 Å². The summed E-state index contributed by atoms with van der Waals surface area (Å²) in [6, 6.07) is 1.46. The fourth-order valence-electron chi connectivity index (χ4n) is 1.82. The maximum absolute atomic E-state index is 11.6. The number of hydrogen-bond donors (Lipinski definition) is 2. The number of ether oxygens (including phenoxy) is 1. The van der Waals surface area contributed by atoms with Crippen molar-refractivity contribution < 1.29 is 18.9 Å². The highest BCUT2D eigenvalue weighted by atomic mass is 32.7. The molecule has 1 aliphatic rings. The van der Waals surface area contributed by atoms with E-state index in [0.717, 1.165) is 0 Å². The second-order valence-electron chi connectivity index (χ2n) is 3.99. The van der Waals surface area contributed by atoms with Gasteiger partial charge in [0.1, 0.15) is 24.8 Å². The van der Waals surface area contributed by atoms with Gasteiger partial charge in [0, 0.05) is 12.6 Å². The first-order chi connectivity index (χ1) is 8.97. The van der Waals surface area contributed by atoms with E-state index in [0.29, 0.717) is 0 Å². The van der Waals surface area contributed by atoms with Gasteiger partial charge in [0.2, 0.25) is 0 Å². The predicted molar refractivity (Wildman–Crippen MR) is 68.4 cm³/mol. The van der Waals surface area contributed by atoms with E-state index in [9.17, 15) is 14.5 Å². The Balaban J connectivity index is 2.07. The number of rotatable bonds is 4. The van der Waals surface area contributed by atoms with Crippen molar-refractivity contribution in [2.45, 2.75) is 24.9 Å². The van der Waals surface area contributed by atoms with Crippen LogP contribution in [0.2, 0.25) is 0 Å². The van der Waals surface area contributed by atoms with E-state index in [-0.39, 0.29) is 18.8 Å². The summed E-state index contributed by atoms with van der Waals surface area (Å²) in [5.41, 5.74) is 4.82. The van der Waals surface area contributed by atoms with Crippen molar-refractivity contribution in [1.29, 1.82) is 0 Å². The van der Waals surface area contributed by atoms with Gasteiger partial charge in [0.15, 0.2) is 0 Å². The highest BCUT2D eigenvalue weighted by Crippen LogP contribution is 2.29. The van der Waals surface area contributed by atoms with Gasteiger partial charge in [-0.3, -0.25) is 4.57 Å². The highest BCUT2D eigenvalue weighted by molar-refractivity contribution is 8.25. The van der Waals surface area contributed by atoms with E-state index >= 15 is 0 Å². The molecule has 0 amide bonds. The molecule has 0 spiro atoms. The van der Waals surface area contributed by atoms with Crippen LogP contribution in [0, 0.1) is 0 Å². The van der Waals surface area contributed by atoms with E-state index in [1.165, 1.54) is 16.8 Å². The molecular formula is C9H12N3O5PS. The van der Waals surface area contributed by atoms with Gasteiger partial charge in [-0.05, 0) is 6.07 Å². The normalized spacial score (nSPS) is 27.5. The number of hydrogen-bond acceptors (Lipinski definition) is 8. The van der Waals surface area contributed by atoms with Crippen molar-refractivity contribution in [1.82, 2.24) is 9.55 Å². The van der Waals surface area contributed by atoms with E-state index in [4.69, 9.17) is 15.0 Å². The largest absolute Gasteiger partial charge is 0.408 e. The van der Waals surface area contributed by atoms with E-state index < -0.39 is 31.4 Å². The second-order valence-corrected chi connectivity index (χ2v) is 5.59. The summed E-state index contributed by atoms with van der Waals surface area (Å²) >= 11 is 4.38.